The number of unbranched alkanes of at least 4 members (excludes halogenated alkanes) is 1. The number of rotatable bonds is 5. The second-order valence-electron chi connectivity index (χ2n) is 3.41. The molecule has 1 aliphatic rings. The minimum atomic E-state index is 0. The summed E-state index contributed by atoms with van der Waals surface area (Å²) in [5.74, 6) is 0. The molecule has 85 valence electrons. The zero-order valence-electron chi connectivity index (χ0n) is 9.22. The van der Waals surface area contributed by atoms with Crippen LogP contribution in [0.5, 0.6) is 0 Å². The van der Waals surface area contributed by atoms with Crippen LogP contribution in [0, 0.1) is 0 Å². The summed E-state index contributed by atoms with van der Waals surface area (Å²) in [6.45, 7) is 5.22. The topological polar surface area (TPSA) is 9.23 Å². The zero-order chi connectivity index (χ0) is 9.68. The van der Waals surface area contributed by atoms with Gasteiger partial charge in [-0.3, -0.25) is 0 Å². The van der Waals surface area contributed by atoms with E-state index in [1.54, 1.807) is 0 Å². The second kappa shape index (κ2) is 9.92. The molecule has 0 aromatic rings. The van der Waals surface area contributed by atoms with E-state index in [0.717, 1.165) is 13.0 Å². The van der Waals surface area contributed by atoms with Crippen molar-refractivity contribution < 1.29 is 50.0 Å². The molecule has 0 bridgehead atoms. The molecule has 1 unspecified atom stereocenters. The summed E-state index contributed by atoms with van der Waals surface area (Å²) in [5.41, 5.74) is 1.39. The van der Waals surface area contributed by atoms with Crippen LogP contribution in [0.25, 0.3) is 0 Å². The Kier molecular flexibility index (Phi) is 12.0. The van der Waals surface area contributed by atoms with Gasteiger partial charge in [-0.2, -0.15) is 0 Å². The molecule has 4 heteroatoms. The summed E-state index contributed by atoms with van der Waals surface area (Å²) >= 11 is 2.19. The van der Waals surface area contributed by atoms with Gasteiger partial charge in [0.2, 0.25) is 0 Å². The van der Waals surface area contributed by atoms with Crippen molar-refractivity contribution in [2.75, 3.05) is 6.61 Å². The number of ether oxygens (including phenoxy) is 1. The maximum absolute atomic E-state index is 5.73. The molecule has 0 aromatic heterocycles. The van der Waals surface area contributed by atoms with E-state index in [1.807, 2.05) is 0 Å². The van der Waals surface area contributed by atoms with E-state index in [9.17, 15) is 0 Å². The second-order valence-corrected chi connectivity index (χ2v) is 4.35. The van der Waals surface area contributed by atoms with Crippen molar-refractivity contribution >= 4 is 0 Å². The van der Waals surface area contributed by atoms with Crippen LogP contribution in [0.2, 0.25) is 0 Å². The molecule has 1 rings (SSSR count). The van der Waals surface area contributed by atoms with Crippen molar-refractivity contribution in [1.82, 2.24) is 0 Å². The molecule has 0 heterocycles. The van der Waals surface area contributed by atoms with Crippen LogP contribution in [0.4, 0.5) is 0 Å². The van der Waals surface area contributed by atoms with Crippen LogP contribution in [0.1, 0.15) is 33.1 Å². The van der Waals surface area contributed by atoms with E-state index in [2.05, 4.69) is 46.4 Å². The van der Waals surface area contributed by atoms with Crippen molar-refractivity contribution in [2.24, 2.45) is 0 Å². The number of hydrogen-bond acceptors (Lipinski definition) is 1. The Morgan fingerprint density at radius 1 is 1.47 bits per heavy atom. The predicted octanol–water partition coefficient (Wildman–Crippen LogP) is -3.04. The van der Waals surface area contributed by atoms with Crippen LogP contribution >= 0.6 is 0 Å². The van der Waals surface area contributed by atoms with Crippen LogP contribution in [-0.4, -0.2) is 12.7 Å². The van der Waals surface area contributed by atoms with E-state index < -0.39 is 0 Å². The fourth-order valence-electron chi connectivity index (χ4n) is 1.40. The summed E-state index contributed by atoms with van der Waals surface area (Å²) in [6.07, 6.45) is 8.18. The summed E-state index contributed by atoms with van der Waals surface area (Å²) in [4.78, 5) is 0. The van der Waals surface area contributed by atoms with Crippen molar-refractivity contribution in [1.29, 1.82) is 0 Å². The maximum Gasteiger partial charge on any atom is -1.00 e. The Labute approximate surface area is 117 Å². The van der Waals surface area contributed by atoms with Gasteiger partial charge >= 0.3 is 92.6 Å². The SMILES string of the molecule is CCCCOC(C)C1=[C]([Ti+2])CC=C1.[Cl-].[Cl-]. The fraction of sp³-hybridized carbons (Fsp3) is 0.636. The standard InChI is InChI=1S/C11H17O.2ClH.Ti/c1-3-4-9-12-10(2)11-7-5-6-8-11;;;/h5,7,10H,3-4,6,9H2,1-2H3;2*1H;/q;;;+2/p-2. The van der Waals surface area contributed by atoms with Gasteiger partial charge < -0.3 is 24.8 Å². The Morgan fingerprint density at radius 2 is 2.13 bits per heavy atom. The molecule has 1 atom stereocenters. The van der Waals surface area contributed by atoms with Gasteiger partial charge in [-0.1, -0.05) is 0 Å². The Morgan fingerprint density at radius 3 is 2.60 bits per heavy atom. The van der Waals surface area contributed by atoms with Crippen molar-refractivity contribution in [3.05, 3.63) is 21.6 Å². The number of allylic oxidation sites excluding steroid dienone is 2. The predicted molar refractivity (Wildman–Crippen MR) is 51.1 cm³/mol. The molecule has 15 heavy (non-hydrogen) atoms. The van der Waals surface area contributed by atoms with Crippen LogP contribution in [0.3, 0.4) is 0 Å². The van der Waals surface area contributed by atoms with E-state index in [0.29, 0.717) is 0 Å². The summed E-state index contributed by atoms with van der Waals surface area (Å²) in [7, 11) is 0. The molecular formula is C11H17Cl2OTi. The summed E-state index contributed by atoms with van der Waals surface area (Å²) in [6, 6.07) is 0. The van der Waals surface area contributed by atoms with Gasteiger partial charge in [0.25, 0.3) is 0 Å². The first kappa shape index (κ1) is 18.1. The Hall–Kier alpha value is 0.734. The normalized spacial score (nSPS) is 16.0. The largest absolute Gasteiger partial charge is 1.00 e. The van der Waals surface area contributed by atoms with E-state index in [-0.39, 0.29) is 30.9 Å². The molecule has 1 aliphatic carbocycles. The molecule has 0 aliphatic heterocycles. The fourth-order valence-corrected chi connectivity index (χ4v) is 2.03. The first-order valence-corrected chi connectivity index (χ1v) is 5.76. The monoisotopic (exact) mass is 283 g/mol. The van der Waals surface area contributed by atoms with Crippen LogP contribution in [0.15, 0.2) is 21.6 Å². The molecule has 0 fully saturated rings. The third-order valence-electron chi connectivity index (χ3n) is 2.27. The van der Waals surface area contributed by atoms with Gasteiger partial charge in [-0.15, -0.1) is 0 Å². The van der Waals surface area contributed by atoms with Gasteiger partial charge in [0.1, 0.15) is 0 Å². The summed E-state index contributed by atoms with van der Waals surface area (Å²) in [5, 5.41) is 0. The van der Waals surface area contributed by atoms with Crippen molar-refractivity contribution in [3.63, 3.8) is 0 Å². The molecule has 1 nitrogen and oxygen atoms in total. The third-order valence-corrected chi connectivity index (χ3v) is 3.04. The van der Waals surface area contributed by atoms with Gasteiger partial charge in [0.15, 0.2) is 0 Å². The van der Waals surface area contributed by atoms with Gasteiger partial charge in [0, 0.05) is 0 Å². The van der Waals surface area contributed by atoms with Gasteiger partial charge in [0.05, 0.1) is 0 Å². The first-order chi connectivity index (χ1) is 6.25. The number of halogens is 2. The van der Waals surface area contributed by atoms with Gasteiger partial charge in [-0.25, -0.2) is 0 Å². The molecule has 0 amide bonds. The molecule has 0 aromatic carbocycles. The van der Waals surface area contributed by atoms with E-state index in [4.69, 9.17) is 4.74 Å². The van der Waals surface area contributed by atoms with Gasteiger partial charge in [-0.05, 0) is 0 Å². The smallest absolute Gasteiger partial charge is 1.00 e. The Balaban J connectivity index is 0. The van der Waals surface area contributed by atoms with E-state index >= 15 is 0 Å². The van der Waals surface area contributed by atoms with Crippen LogP contribution in [-0.2, 0) is 25.2 Å². The maximum atomic E-state index is 5.73. The quantitative estimate of drug-likeness (QED) is 0.385. The van der Waals surface area contributed by atoms with Crippen LogP contribution < -0.4 is 24.8 Å². The van der Waals surface area contributed by atoms with Crippen molar-refractivity contribution in [2.45, 2.75) is 39.2 Å². The molecule has 0 spiro atoms. The molecule has 0 N–H and O–H groups in total. The molecular weight excluding hydrogens is 267 g/mol. The number of hydrogen-bond donors (Lipinski definition) is 0. The molecule has 0 saturated heterocycles. The third kappa shape index (κ3) is 6.14. The molecule has 0 radical (unpaired) electrons. The average molecular weight is 284 g/mol. The first-order valence-electron chi connectivity index (χ1n) is 4.98. The molecule has 0 saturated carbocycles. The van der Waals surface area contributed by atoms with Crippen molar-refractivity contribution in [3.8, 4) is 0 Å². The summed E-state index contributed by atoms with van der Waals surface area (Å²) < 4.78 is 7.19. The zero-order valence-corrected chi connectivity index (χ0v) is 12.3. The Bertz CT molecular complexity index is 227. The van der Waals surface area contributed by atoms with E-state index in [1.165, 1.54) is 22.3 Å². The minimum absolute atomic E-state index is 0. The average Bonchev–Trinajstić information content (AvgIpc) is 2.52. The minimum Gasteiger partial charge on any atom is -1.00 e.